The van der Waals surface area contributed by atoms with Crippen LogP contribution in [0.25, 0.3) is 11.1 Å². The van der Waals surface area contributed by atoms with Crippen molar-refractivity contribution in [2.75, 3.05) is 0 Å². The Labute approximate surface area is 139 Å². The van der Waals surface area contributed by atoms with Gasteiger partial charge in [0.25, 0.3) is 0 Å². The first-order valence-corrected chi connectivity index (χ1v) is 8.05. The Morgan fingerprint density at radius 1 is 0.652 bits per heavy atom. The van der Waals surface area contributed by atoms with Gasteiger partial charge in [0, 0.05) is 5.57 Å². The number of rotatable bonds is 2. The van der Waals surface area contributed by atoms with E-state index in [4.69, 9.17) is 0 Å². The third kappa shape index (κ3) is 3.28. The molecule has 0 saturated heterocycles. The van der Waals surface area contributed by atoms with E-state index in [1.54, 1.807) is 0 Å². The monoisotopic (exact) mass is 298 g/mol. The van der Waals surface area contributed by atoms with E-state index < -0.39 is 0 Å². The van der Waals surface area contributed by atoms with Crippen LogP contribution in [0.15, 0.2) is 66.4 Å². The summed E-state index contributed by atoms with van der Waals surface area (Å²) in [6.45, 7) is 8.61. The lowest BCUT2D eigenvalue weighted by molar-refractivity contribution is 1.33. The summed E-state index contributed by atoms with van der Waals surface area (Å²) in [6, 6.07) is 13.2. The molecule has 0 atom stereocenters. The predicted molar refractivity (Wildman–Crippen MR) is 100 cm³/mol. The van der Waals surface area contributed by atoms with Crippen molar-refractivity contribution in [2.45, 2.75) is 27.7 Å². The van der Waals surface area contributed by atoms with Crippen LogP contribution in [0.1, 0.15) is 33.4 Å². The van der Waals surface area contributed by atoms with Gasteiger partial charge in [0.2, 0.25) is 0 Å². The second kappa shape index (κ2) is 6.28. The SMILES string of the molecule is Cc1ccc(C2=C=CC=C(c3ccc(C)c(C)c3)C=C2)cc1C. The van der Waals surface area contributed by atoms with Gasteiger partial charge in [0.1, 0.15) is 0 Å². The maximum absolute atomic E-state index is 3.40. The van der Waals surface area contributed by atoms with Gasteiger partial charge in [-0.3, -0.25) is 0 Å². The molecule has 0 radical (unpaired) electrons. The highest BCUT2D eigenvalue weighted by Gasteiger charge is 2.04. The highest BCUT2D eigenvalue weighted by atomic mass is 14.1. The first-order chi connectivity index (χ1) is 11.0. The predicted octanol–water partition coefficient (Wildman–Crippen LogP) is 6.11. The molecule has 0 N–H and O–H groups in total. The van der Waals surface area contributed by atoms with Crippen molar-refractivity contribution in [3.05, 3.63) is 99.8 Å². The molecule has 0 heteroatoms. The number of allylic oxidation sites excluding steroid dienone is 5. The van der Waals surface area contributed by atoms with E-state index in [-0.39, 0.29) is 0 Å². The van der Waals surface area contributed by atoms with E-state index in [0.717, 1.165) is 5.57 Å². The van der Waals surface area contributed by atoms with Crippen LogP contribution in [0.2, 0.25) is 0 Å². The summed E-state index contributed by atoms with van der Waals surface area (Å²) in [5.41, 5.74) is 13.5. The average Bonchev–Trinajstić information content (AvgIpc) is 2.79. The molecule has 0 aromatic heterocycles. The van der Waals surface area contributed by atoms with Crippen LogP contribution < -0.4 is 0 Å². The van der Waals surface area contributed by atoms with Crippen molar-refractivity contribution in [1.29, 1.82) is 0 Å². The molecule has 1 aliphatic rings. The molecule has 0 heterocycles. The lowest BCUT2D eigenvalue weighted by Crippen LogP contribution is -1.87. The molecule has 0 nitrogen and oxygen atoms in total. The third-order valence-corrected chi connectivity index (χ3v) is 4.59. The number of hydrogen-bond donors (Lipinski definition) is 0. The Bertz CT molecular complexity index is 882. The van der Waals surface area contributed by atoms with Crippen LogP contribution in [-0.4, -0.2) is 0 Å². The summed E-state index contributed by atoms with van der Waals surface area (Å²) < 4.78 is 0. The first-order valence-electron chi connectivity index (χ1n) is 8.05. The maximum Gasteiger partial charge on any atom is 0.0237 e. The Kier molecular flexibility index (Phi) is 4.19. The lowest BCUT2D eigenvalue weighted by atomic mass is 9.98. The van der Waals surface area contributed by atoms with E-state index in [0.29, 0.717) is 0 Å². The van der Waals surface area contributed by atoms with Gasteiger partial charge in [-0.15, -0.1) is 5.73 Å². The zero-order valence-corrected chi connectivity index (χ0v) is 14.3. The molecular weight excluding hydrogens is 276 g/mol. The summed E-state index contributed by atoms with van der Waals surface area (Å²) in [5, 5.41) is 0. The summed E-state index contributed by atoms with van der Waals surface area (Å²) in [4.78, 5) is 0. The van der Waals surface area contributed by atoms with Crippen molar-refractivity contribution in [2.24, 2.45) is 0 Å². The van der Waals surface area contributed by atoms with Gasteiger partial charge in [0.15, 0.2) is 0 Å². The summed E-state index contributed by atoms with van der Waals surface area (Å²) in [5.74, 6) is 0. The zero-order valence-electron chi connectivity index (χ0n) is 14.3. The number of hydrogen-bond acceptors (Lipinski definition) is 0. The van der Waals surface area contributed by atoms with Crippen LogP contribution >= 0.6 is 0 Å². The van der Waals surface area contributed by atoms with Gasteiger partial charge in [0.05, 0.1) is 0 Å². The van der Waals surface area contributed by atoms with E-state index >= 15 is 0 Å². The van der Waals surface area contributed by atoms with Gasteiger partial charge >= 0.3 is 0 Å². The molecule has 2 aromatic rings. The van der Waals surface area contributed by atoms with Crippen LogP contribution in [0.4, 0.5) is 0 Å². The van der Waals surface area contributed by atoms with Crippen LogP contribution in [0.3, 0.4) is 0 Å². The van der Waals surface area contributed by atoms with Crippen molar-refractivity contribution in [3.8, 4) is 0 Å². The first kappa shape index (κ1) is 15.3. The lowest BCUT2D eigenvalue weighted by Gasteiger charge is -2.06. The van der Waals surface area contributed by atoms with Crippen molar-refractivity contribution < 1.29 is 0 Å². The zero-order chi connectivity index (χ0) is 16.4. The van der Waals surface area contributed by atoms with Gasteiger partial charge in [-0.2, -0.15) is 0 Å². The highest BCUT2D eigenvalue weighted by molar-refractivity contribution is 5.84. The summed E-state index contributed by atoms with van der Waals surface area (Å²) >= 11 is 0. The fourth-order valence-electron chi connectivity index (χ4n) is 2.70. The Balaban J connectivity index is 1.92. The molecule has 0 fully saturated rings. The quantitative estimate of drug-likeness (QED) is 0.587. The summed E-state index contributed by atoms with van der Waals surface area (Å²) in [6.07, 6.45) is 8.50. The molecule has 0 unspecified atom stereocenters. The number of aryl methyl sites for hydroxylation is 4. The topological polar surface area (TPSA) is 0 Å². The third-order valence-electron chi connectivity index (χ3n) is 4.59. The number of benzene rings is 2. The highest BCUT2D eigenvalue weighted by Crippen LogP contribution is 2.25. The van der Waals surface area contributed by atoms with Gasteiger partial charge in [-0.25, -0.2) is 0 Å². The minimum absolute atomic E-state index is 1.13. The molecule has 23 heavy (non-hydrogen) atoms. The fraction of sp³-hybridized carbons (Fsp3) is 0.174. The van der Waals surface area contributed by atoms with Crippen LogP contribution in [0.5, 0.6) is 0 Å². The fourth-order valence-corrected chi connectivity index (χ4v) is 2.70. The normalized spacial score (nSPS) is 13.6. The summed E-state index contributed by atoms with van der Waals surface area (Å²) in [7, 11) is 0. The average molecular weight is 298 g/mol. The van der Waals surface area contributed by atoms with Crippen LogP contribution in [0, 0.1) is 27.7 Å². The molecule has 0 bridgehead atoms. The Morgan fingerprint density at radius 2 is 1.26 bits per heavy atom. The molecule has 3 rings (SSSR count). The standard InChI is InChI=1S/C23H22/c1-16-8-10-22(14-18(16)3)20-6-5-7-21(13-12-20)23-11-9-17(2)19(4)15-23/h5-6,8-15H,1-4H3. The maximum atomic E-state index is 3.40. The molecule has 0 aliphatic heterocycles. The smallest absolute Gasteiger partial charge is 0.0237 e. The van der Waals surface area contributed by atoms with Crippen molar-refractivity contribution in [3.63, 3.8) is 0 Å². The van der Waals surface area contributed by atoms with Gasteiger partial charge < -0.3 is 0 Å². The molecule has 114 valence electrons. The molecule has 2 aromatic carbocycles. The van der Waals surface area contributed by atoms with E-state index in [2.05, 4.69) is 88.1 Å². The van der Waals surface area contributed by atoms with Crippen molar-refractivity contribution in [1.82, 2.24) is 0 Å². The van der Waals surface area contributed by atoms with Crippen molar-refractivity contribution >= 4 is 11.1 Å². The minimum atomic E-state index is 1.13. The largest absolute Gasteiger partial charge is 0.112 e. The Morgan fingerprint density at radius 3 is 1.91 bits per heavy atom. The van der Waals surface area contributed by atoms with E-state index in [1.807, 2.05) is 6.08 Å². The molecule has 0 amide bonds. The second-order valence-corrected chi connectivity index (χ2v) is 6.28. The second-order valence-electron chi connectivity index (χ2n) is 6.28. The van der Waals surface area contributed by atoms with E-state index in [9.17, 15) is 0 Å². The van der Waals surface area contributed by atoms with Crippen LogP contribution in [-0.2, 0) is 0 Å². The Hall–Kier alpha value is -2.56. The van der Waals surface area contributed by atoms with Gasteiger partial charge in [-0.05, 0) is 84.9 Å². The van der Waals surface area contributed by atoms with E-state index in [1.165, 1.54) is 39.0 Å². The minimum Gasteiger partial charge on any atom is -0.112 e. The molecule has 1 aliphatic carbocycles. The van der Waals surface area contributed by atoms with Gasteiger partial charge in [-0.1, -0.05) is 42.5 Å². The molecular formula is C23H22. The molecule has 0 saturated carbocycles. The molecule has 0 spiro atoms.